The van der Waals surface area contributed by atoms with Gasteiger partial charge in [0.1, 0.15) is 0 Å². The van der Waals surface area contributed by atoms with Gasteiger partial charge >= 0.3 is 8.80 Å². The molecule has 1 atom stereocenters. The Morgan fingerprint density at radius 2 is 1.50 bits per heavy atom. The third kappa shape index (κ3) is 6.99. The highest BCUT2D eigenvalue weighted by atomic mass is 28.4. The van der Waals surface area contributed by atoms with E-state index in [1.807, 2.05) is 20.8 Å². The van der Waals surface area contributed by atoms with Crippen LogP contribution in [0.15, 0.2) is 11.6 Å². The lowest BCUT2D eigenvalue weighted by Gasteiger charge is -2.33. The van der Waals surface area contributed by atoms with Crippen molar-refractivity contribution in [2.75, 3.05) is 19.8 Å². The van der Waals surface area contributed by atoms with Gasteiger partial charge in [-0.15, -0.1) is 0 Å². The molecule has 0 rings (SSSR count). The van der Waals surface area contributed by atoms with Gasteiger partial charge in [0.15, 0.2) is 0 Å². The van der Waals surface area contributed by atoms with Crippen LogP contribution in [0, 0.1) is 5.92 Å². The molecule has 120 valence electrons. The average molecular weight is 304 g/mol. The van der Waals surface area contributed by atoms with Gasteiger partial charge in [-0.2, -0.15) is 0 Å². The van der Waals surface area contributed by atoms with Crippen molar-refractivity contribution < 1.29 is 13.3 Å². The summed E-state index contributed by atoms with van der Waals surface area (Å²) in [7, 11) is -2.76. The fourth-order valence-electron chi connectivity index (χ4n) is 2.26. The summed E-state index contributed by atoms with van der Waals surface area (Å²) in [5.41, 5.74) is 7.54. The maximum Gasteiger partial charge on any atom is 0.518 e. The predicted octanol–water partition coefficient (Wildman–Crippen LogP) is 3.28. The van der Waals surface area contributed by atoms with Crippen LogP contribution in [-0.2, 0) is 13.3 Å². The number of nitrogens with two attached hydrogens (primary N) is 1. The molecule has 0 aliphatic rings. The van der Waals surface area contributed by atoms with Crippen molar-refractivity contribution in [3.05, 3.63) is 11.6 Å². The van der Waals surface area contributed by atoms with Gasteiger partial charge in [-0.05, 0) is 46.5 Å². The van der Waals surface area contributed by atoms with Crippen LogP contribution in [0.1, 0.15) is 54.4 Å². The first-order valence-corrected chi connectivity index (χ1v) is 9.56. The SMILES string of the molecule is CCO[Si](OCC)(OCC)C(N)CCC(C)=CC(C)C. The first kappa shape index (κ1) is 19.8. The van der Waals surface area contributed by atoms with E-state index in [0.29, 0.717) is 25.7 Å². The van der Waals surface area contributed by atoms with Gasteiger partial charge in [-0.1, -0.05) is 25.5 Å². The number of hydrogen-bond acceptors (Lipinski definition) is 4. The highest BCUT2D eigenvalue weighted by Gasteiger charge is 2.47. The Morgan fingerprint density at radius 1 is 1.05 bits per heavy atom. The van der Waals surface area contributed by atoms with Gasteiger partial charge in [0, 0.05) is 19.8 Å². The summed E-state index contributed by atoms with van der Waals surface area (Å²) in [6, 6.07) is 0. The van der Waals surface area contributed by atoms with Crippen molar-refractivity contribution in [2.24, 2.45) is 11.7 Å². The largest absolute Gasteiger partial charge is 0.518 e. The standard InChI is InChI=1S/C15H33NO3Si/c1-7-17-20(18-8-2,19-9-3)15(16)11-10-14(6)12-13(4)5/h12-13,15H,7-11,16H2,1-6H3. The van der Waals surface area contributed by atoms with E-state index >= 15 is 0 Å². The van der Waals surface area contributed by atoms with Gasteiger partial charge in [-0.3, -0.25) is 0 Å². The van der Waals surface area contributed by atoms with Crippen LogP contribution in [0.2, 0.25) is 0 Å². The van der Waals surface area contributed by atoms with Gasteiger partial charge in [0.05, 0.1) is 5.67 Å². The molecule has 0 saturated heterocycles. The third-order valence-corrected chi connectivity index (χ3v) is 6.23. The van der Waals surface area contributed by atoms with Crippen molar-refractivity contribution in [3.63, 3.8) is 0 Å². The number of rotatable bonds is 11. The third-order valence-electron chi connectivity index (χ3n) is 2.96. The zero-order valence-electron chi connectivity index (χ0n) is 14.1. The molecule has 0 aromatic carbocycles. The van der Waals surface area contributed by atoms with Crippen molar-refractivity contribution >= 4 is 8.80 Å². The summed E-state index contributed by atoms with van der Waals surface area (Å²) < 4.78 is 17.5. The van der Waals surface area contributed by atoms with Gasteiger partial charge in [0.25, 0.3) is 0 Å². The summed E-state index contributed by atoms with van der Waals surface area (Å²) in [5, 5.41) is 0. The highest BCUT2D eigenvalue weighted by molar-refractivity contribution is 6.62. The van der Waals surface area contributed by atoms with E-state index in [0.717, 1.165) is 12.8 Å². The molecule has 0 aromatic heterocycles. The van der Waals surface area contributed by atoms with Crippen LogP contribution in [0.25, 0.3) is 0 Å². The molecule has 0 fully saturated rings. The lowest BCUT2D eigenvalue weighted by atomic mass is 10.1. The van der Waals surface area contributed by atoms with E-state index in [-0.39, 0.29) is 5.67 Å². The van der Waals surface area contributed by atoms with Crippen LogP contribution in [0.4, 0.5) is 0 Å². The molecular formula is C15H33NO3Si. The maximum absolute atomic E-state index is 6.35. The second-order valence-corrected chi connectivity index (χ2v) is 8.12. The second-order valence-electron chi connectivity index (χ2n) is 5.30. The highest BCUT2D eigenvalue weighted by Crippen LogP contribution is 2.19. The van der Waals surface area contributed by atoms with E-state index in [1.165, 1.54) is 5.57 Å². The summed E-state index contributed by atoms with van der Waals surface area (Å²) in [6.45, 7) is 14.1. The molecule has 0 heterocycles. The Balaban J connectivity index is 4.72. The molecule has 0 radical (unpaired) electrons. The summed E-state index contributed by atoms with van der Waals surface area (Å²) >= 11 is 0. The molecular weight excluding hydrogens is 270 g/mol. The van der Waals surface area contributed by atoms with E-state index in [4.69, 9.17) is 19.0 Å². The molecule has 4 nitrogen and oxygen atoms in total. The van der Waals surface area contributed by atoms with Crippen molar-refractivity contribution in [2.45, 2.75) is 60.0 Å². The Hall–Kier alpha value is -0.203. The van der Waals surface area contributed by atoms with Gasteiger partial charge in [-0.25, -0.2) is 0 Å². The minimum absolute atomic E-state index is 0.169. The minimum Gasteiger partial charge on any atom is -0.373 e. The molecule has 0 spiro atoms. The Kier molecular flexibility index (Phi) is 10.4. The molecule has 0 aliphatic heterocycles. The van der Waals surface area contributed by atoms with Crippen LogP contribution < -0.4 is 5.73 Å². The van der Waals surface area contributed by atoms with Crippen molar-refractivity contribution in [1.82, 2.24) is 0 Å². The molecule has 0 amide bonds. The fourth-order valence-corrected chi connectivity index (χ4v) is 4.86. The van der Waals surface area contributed by atoms with Crippen molar-refractivity contribution in [3.8, 4) is 0 Å². The Bertz CT molecular complexity index is 265. The van der Waals surface area contributed by atoms with Crippen LogP contribution >= 0.6 is 0 Å². The average Bonchev–Trinajstić information content (AvgIpc) is 2.35. The smallest absolute Gasteiger partial charge is 0.373 e. The minimum atomic E-state index is -2.76. The quantitative estimate of drug-likeness (QED) is 0.470. The first-order valence-electron chi connectivity index (χ1n) is 7.76. The van der Waals surface area contributed by atoms with Crippen molar-refractivity contribution in [1.29, 1.82) is 0 Å². The number of allylic oxidation sites excluding steroid dienone is 2. The van der Waals surface area contributed by atoms with E-state index in [2.05, 4.69) is 26.8 Å². The molecule has 0 bridgehead atoms. The molecule has 20 heavy (non-hydrogen) atoms. The molecule has 5 heteroatoms. The monoisotopic (exact) mass is 303 g/mol. The lowest BCUT2D eigenvalue weighted by molar-refractivity contribution is 0.0613. The van der Waals surface area contributed by atoms with Gasteiger partial charge < -0.3 is 19.0 Å². The second kappa shape index (κ2) is 10.5. The zero-order valence-corrected chi connectivity index (χ0v) is 15.1. The number of hydrogen-bond donors (Lipinski definition) is 1. The molecule has 0 saturated carbocycles. The molecule has 0 aromatic rings. The van der Waals surface area contributed by atoms with Crippen LogP contribution in [0.5, 0.6) is 0 Å². The van der Waals surface area contributed by atoms with E-state index < -0.39 is 8.80 Å². The lowest BCUT2D eigenvalue weighted by Crippen LogP contribution is -2.60. The van der Waals surface area contributed by atoms with E-state index in [9.17, 15) is 0 Å². The van der Waals surface area contributed by atoms with Crippen LogP contribution in [0.3, 0.4) is 0 Å². The molecule has 1 unspecified atom stereocenters. The normalized spacial score (nSPS) is 14.9. The predicted molar refractivity (Wildman–Crippen MR) is 86.4 cm³/mol. The summed E-state index contributed by atoms with van der Waals surface area (Å²) in [4.78, 5) is 0. The van der Waals surface area contributed by atoms with E-state index in [1.54, 1.807) is 0 Å². The zero-order chi connectivity index (χ0) is 15.6. The summed E-state index contributed by atoms with van der Waals surface area (Å²) in [6.07, 6.45) is 4.07. The maximum atomic E-state index is 6.35. The summed E-state index contributed by atoms with van der Waals surface area (Å²) in [5.74, 6) is 0.568. The van der Waals surface area contributed by atoms with Crippen LogP contribution in [-0.4, -0.2) is 34.3 Å². The molecule has 0 aliphatic carbocycles. The Labute approximate surface area is 126 Å². The topological polar surface area (TPSA) is 53.7 Å². The molecule has 2 N–H and O–H groups in total. The fraction of sp³-hybridized carbons (Fsp3) is 0.867. The van der Waals surface area contributed by atoms with Gasteiger partial charge in [0.2, 0.25) is 0 Å². The Morgan fingerprint density at radius 3 is 1.85 bits per heavy atom. The first-order chi connectivity index (χ1) is 9.41.